The van der Waals surface area contributed by atoms with E-state index in [1.807, 2.05) is 0 Å². The summed E-state index contributed by atoms with van der Waals surface area (Å²) in [6, 6.07) is 0. The van der Waals surface area contributed by atoms with Gasteiger partial charge in [-0.3, -0.25) is 0 Å². The number of hydrogen-bond donors (Lipinski definition) is 2. The van der Waals surface area contributed by atoms with Crippen molar-refractivity contribution in [2.45, 2.75) is 25.5 Å². The second-order valence-electron chi connectivity index (χ2n) is 2.64. The van der Waals surface area contributed by atoms with E-state index in [0.29, 0.717) is 13.0 Å². The first kappa shape index (κ1) is 6.58. The molecule has 0 spiro atoms. The molecule has 0 aromatic rings. The molecule has 3 atom stereocenters. The Kier molecular flexibility index (Phi) is 2.19. The zero-order chi connectivity index (χ0) is 8.27. The quantitative estimate of drug-likeness (QED) is 0.538. The van der Waals surface area contributed by atoms with Crippen LogP contribution in [-0.4, -0.2) is 35.6 Å². The van der Waals surface area contributed by atoms with Crippen molar-refractivity contribution >= 4 is 0 Å². The predicted octanol–water partition coefficient (Wildman–Crippen LogP) is -0.235. The Hall–Kier alpha value is -0.120. The highest BCUT2D eigenvalue weighted by molar-refractivity contribution is 4.78. The monoisotopic (exact) mass is 147 g/mol. The molecule has 0 unspecified atom stereocenters. The minimum Gasteiger partial charge on any atom is -0.390 e. The molecule has 0 aromatic heterocycles. The van der Waals surface area contributed by atoms with E-state index in [1.54, 1.807) is 0 Å². The third-order valence-corrected chi connectivity index (χ3v) is 1.87. The average molecular weight is 147 g/mol. The first-order valence-electron chi connectivity index (χ1n) is 4.19. The van der Waals surface area contributed by atoms with Gasteiger partial charge in [-0.1, -0.05) is 6.90 Å². The van der Waals surface area contributed by atoms with Gasteiger partial charge in [0, 0.05) is 7.29 Å². The van der Waals surface area contributed by atoms with Crippen LogP contribution in [0.1, 0.15) is 14.7 Å². The second-order valence-corrected chi connectivity index (χ2v) is 2.64. The van der Waals surface area contributed by atoms with Crippen LogP contribution in [0.5, 0.6) is 0 Å². The number of rotatable bonds is 1. The molecule has 0 bridgehead atoms. The van der Waals surface area contributed by atoms with Crippen LogP contribution < -0.4 is 0 Å². The first-order chi connectivity index (χ1) is 5.25. The van der Waals surface area contributed by atoms with E-state index in [-0.39, 0.29) is 19.4 Å². The Balaban J connectivity index is 2.38. The summed E-state index contributed by atoms with van der Waals surface area (Å²) >= 11 is 0. The van der Waals surface area contributed by atoms with E-state index in [0.717, 1.165) is 0 Å². The summed E-state index contributed by atoms with van der Waals surface area (Å²) in [6.45, 7) is 0.963. The zero-order valence-electron chi connectivity index (χ0n) is 6.86. The Morgan fingerprint density at radius 2 is 2.40 bits per heavy atom. The lowest BCUT2D eigenvalue weighted by Crippen LogP contribution is -2.43. The molecule has 0 amide bonds. The van der Waals surface area contributed by atoms with Gasteiger partial charge in [0.2, 0.25) is 0 Å². The van der Waals surface area contributed by atoms with E-state index < -0.39 is 12.2 Å². The van der Waals surface area contributed by atoms with Gasteiger partial charge in [-0.05, 0) is 6.42 Å². The molecular weight excluding hydrogens is 132 g/mol. The van der Waals surface area contributed by atoms with Crippen LogP contribution >= 0.6 is 0 Å². The maximum atomic E-state index is 9.36. The summed E-state index contributed by atoms with van der Waals surface area (Å²) in [6.07, 6.45) is -0.868. The lowest BCUT2D eigenvalue weighted by atomic mass is 9.94. The minimum absolute atomic E-state index is 0.0590. The second kappa shape index (κ2) is 3.32. The Bertz CT molecular complexity index is 118. The molecule has 0 saturated carbocycles. The van der Waals surface area contributed by atoms with Gasteiger partial charge in [0.05, 0.1) is 19.3 Å². The molecule has 0 radical (unpaired) electrons. The smallest absolute Gasteiger partial charge is 0.103 e. The van der Waals surface area contributed by atoms with Crippen LogP contribution in [0.3, 0.4) is 0 Å². The molecule has 1 rings (SSSR count). The molecule has 1 aliphatic heterocycles. The fourth-order valence-corrected chi connectivity index (χ4v) is 1.11. The lowest BCUT2D eigenvalue weighted by Gasteiger charge is -2.30. The number of hydrogen-bond acceptors (Lipinski definition) is 3. The largest absolute Gasteiger partial charge is 0.390 e. The predicted molar refractivity (Wildman–Crippen MR) is 36.6 cm³/mol. The van der Waals surface area contributed by atoms with Crippen molar-refractivity contribution < 1.29 is 16.3 Å². The van der Waals surface area contributed by atoms with Crippen LogP contribution in [0.25, 0.3) is 0 Å². The van der Waals surface area contributed by atoms with Gasteiger partial charge in [0.25, 0.3) is 0 Å². The summed E-state index contributed by atoms with van der Waals surface area (Å²) in [7, 11) is 0. The van der Waals surface area contributed by atoms with Gasteiger partial charge in [0.15, 0.2) is 0 Å². The topological polar surface area (TPSA) is 49.7 Å². The third kappa shape index (κ3) is 1.48. The molecule has 1 saturated heterocycles. The fourth-order valence-electron chi connectivity index (χ4n) is 1.11. The van der Waals surface area contributed by atoms with E-state index in [9.17, 15) is 5.11 Å². The van der Waals surface area contributed by atoms with Crippen LogP contribution in [0.2, 0.25) is 0 Å². The third-order valence-electron chi connectivity index (χ3n) is 1.87. The van der Waals surface area contributed by atoms with Gasteiger partial charge in [-0.15, -0.1) is 0 Å². The Morgan fingerprint density at radius 1 is 1.60 bits per heavy atom. The van der Waals surface area contributed by atoms with E-state index in [1.165, 1.54) is 0 Å². The molecule has 3 heteroatoms. The Labute approximate surface area is 62.0 Å². The van der Waals surface area contributed by atoms with E-state index in [4.69, 9.17) is 11.2 Å². The van der Waals surface area contributed by atoms with Crippen molar-refractivity contribution in [3.05, 3.63) is 0 Å². The van der Waals surface area contributed by atoms with Crippen molar-refractivity contribution in [1.82, 2.24) is 0 Å². The minimum atomic E-state index is -0.764. The van der Waals surface area contributed by atoms with Crippen LogP contribution in [-0.2, 0) is 4.74 Å². The normalized spacial score (nSPS) is 43.0. The van der Waals surface area contributed by atoms with Gasteiger partial charge in [-0.25, -0.2) is 0 Å². The van der Waals surface area contributed by atoms with E-state index >= 15 is 0 Å². The van der Waals surface area contributed by atoms with Crippen molar-refractivity contribution in [2.24, 2.45) is 5.92 Å². The molecule has 1 aliphatic rings. The van der Waals surface area contributed by atoms with Crippen LogP contribution in [0.15, 0.2) is 0 Å². The van der Waals surface area contributed by atoms with Gasteiger partial charge >= 0.3 is 0 Å². The SMILES string of the molecule is [2H]CC[C@@H]1COC[C@H](O)[C@@H]1O. The maximum Gasteiger partial charge on any atom is 0.103 e. The summed E-state index contributed by atoms with van der Waals surface area (Å²) in [5, 5.41) is 18.5. The zero-order valence-corrected chi connectivity index (χ0v) is 5.86. The van der Waals surface area contributed by atoms with Gasteiger partial charge in [-0.2, -0.15) is 0 Å². The maximum absolute atomic E-state index is 9.36. The van der Waals surface area contributed by atoms with Crippen LogP contribution in [0, 0.1) is 5.92 Å². The van der Waals surface area contributed by atoms with Crippen molar-refractivity contribution in [3.8, 4) is 0 Å². The highest BCUT2D eigenvalue weighted by Crippen LogP contribution is 2.17. The molecule has 2 N–H and O–H groups in total. The summed E-state index contributed by atoms with van der Waals surface area (Å²) < 4.78 is 12.0. The molecule has 60 valence electrons. The molecule has 0 aromatic carbocycles. The molecule has 1 fully saturated rings. The lowest BCUT2D eigenvalue weighted by molar-refractivity contribution is -0.121. The summed E-state index contributed by atoms with van der Waals surface area (Å²) in [5.41, 5.74) is 0. The molecule has 3 nitrogen and oxygen atoms in total. The molecule has 0 aliphatic carbocycles. The molecule has 10 heavy (non-hydrogen) atoms. The van der Waals surface area contributed by atoms with Crippen molar-refractivity contribution in [2.75, 3.05) is 13.2 Å². The highest BCUT2D eigenvalue weighted by atomic mass is 16.5. The van der Waals surface area contributed by atoms with Crippen molar-refractivity contribution in [1.29, 1.82) is 0 Å². The van der Waals surface area contributed by atoms with Crippen LogP contribution in [0.4, 0.5) is 0 Å². The first-order valence-corrected chi connectivity index (χ1v) is 3.49. The fraction of sp³-hybridized carbons (Fsp3) is 1.00. The summed E-state index contributed by atoms with van der Waals surface area (Å²) in [5.74, 6) is -0.0590. The van der Waals surface area contributed by atoms with E-state index in [2.05, 4.69) is 0 Å². The van der Waals surface area contributed by atoms with Gasteiger partial charge in [0.1, 0.15) is 6.10 Å². The Morgan fingerprint density at radius 3 is 3.10 bits per heavy atom. The number of aliphatic hydroxyl groups is 2. The molecular formula is C7H14O3. The molecule has 1 heterocycles. The number of aliphatic hydroxyl groups excluding tert-OH is 2. The summed E-state index contributed by atoms with van der Waals surface area (Å²) in [4.78, 5) is 0. The average Bonchev–Trinajstić information content (AvgIpc) is 1.99. The number of ether oxygens (including phenoxy) is 1. The standard InChI is InChI=1S/C7H14O3/c1-2-5-3-10-4-6(8)7(5)9/h5-9H,2-4H2,1H3/t5-,6+,7-/m1/s1/i1D. The van der Waals surface area contributed by atoms with Gasteiger partial charge < -0.3 is 14.9 Å². The van der Waals surface area contributed by atoms with Crippen molar-refractivity contribution in [3.63, 3.8) is 0 Å². The highest BCUT2D eigenvalue weighted by Gasteiger charge is 2.29.